The van der Waals surface area contributed by atoms with Crippen molar-refractivity contribution in [3.05, 3.63) is 33.5 Å². The lowest BCUT2D eigenvalue weighted by Crippen LogP contribution is -2.30. The van der Waals surface area contributed by atoms with E-state index in [0.29, 0.717) is 12.3 Å². The first-order valence-electron chi connectivity index (χ1n) is 6.82. The molecule has 1 amide bonds. The first-order valence-corrected chi connectivity index (χ1v) is 7.70. The third-order valence-corrected chi connectivity index (χ3v) is 4.64. The molecule has 1 aliphatic rings. The molecule has 3 heterocycles. The summed E-state index contributed by atoms with van der Waals surface area (Å²) in [7, 11) is 0. The SMILES string of the molecule is Cc1nc(CC(=O)N2CC[C@H](c3[nH]ncc3C)C2)cs1. The number of aromatic amines is 1. The van der Waals surface area contributed by atoms with Gasteiger partial charge in [0.15, 0.2) is 0 Å². The van der Waals surface area contributed by atoms with E-state index in [9.17, 15) is 4.79 Å². The van der Waals surface area contributed by atoms with Crippen LogP contribution in [0.1, 0.15) is 34.3 Å². The highest BCUT2D eigenvalue weighted by Gasteiger charge is 2.29. The number of hydrogen-bond acceptors (Lipinski definition) is 4. The lowest BCUT2D eigenvalue weighted by molar-refractivity contribution is -0.129. The van der Waals surface area contributed by atoms with Gasteiger partial charge in [-0.1, -0.05) is 0 Å². The molecule has 0 spiro atoms. The Bertz CT molecular complexity index is 618. The van der Waals surface area contributed by atoms with Gasteiger partial charge in [0, 0.05) is 30.1 Å². The standard InChI is InChI=1S/C14H18N4OS/c1-9-6-15-17-14(9)11-3-4-18(7-11)13(19)5-12-8-20-10(2)16-12/h6,8,11H,3-5,7H2,1-2H3,(H,15,17)/t11-/m0/s1. The molecule has 1 atom stereocenters. The van der Waals surface area contributed by atoms with Gasteiger partial charge in [-0.2, -0.15) is 5.10 Å². The van der Waals surface area contributed by atoms with Crippen molar-refractivity contribution < 1.29 is 4.79 Å². The molecule has 2 aromatic heterocycles. The quantitative estimate of drug-likeness (QED) is 0.941. The van der Waals surface area contributed by atoms with Crippen molar-refractivity contribution in [2.45, 2.75) is 32.6 Å². The largest absolute Gasteiger partial charge is 0.342 e. The van der Waals surface area contributed by atoms with E-state index in [4.69, 9.17) is 0 Å². The van der Waals surface area contributed by atoms with Crippen LogP contribution in [0.5, 0.6) is 0 Å². The van der Waals surface area contributed by atoms with E-state index in [1.54, 1.807) is 11.3 Å². The fourth-order valence-corrected chi connectivity index (χ4v) is 3.36. The van der Waals surface area contributed by atoms with E-state index in [1.807, 2.05) is 23.4 Å². The second kappa shape index (κ2) is 5.36. The molecule has 2 aromatic rings. The Morgan fingerprint density at radius 2 is 2.40 bits per heavy atom. The topological polar surface area (TPSA) is 61.9 Å². The van der Waals surface area contributed by atoms with Crippen molar-refractivity contribution >= 4 is 17.2 Å². The first-order chi connectivity index (χ1) is 9.63. The van der Waals surface area contributed by atoms with Gasteiger partial charge in [0.05, 0.1) is 23.3 Å². The Morgan fingerprint density at radius 1 is 1.55 bits per heavy atom. The molecule has 0 unspecified atom stereocenters. The number of thiazole rings is 1. The van der Waals surface area contributed by atoms with Crippen LogP contribution >= 0.6 is 11.3 Å². The number of carbonyl (C=O) groups excluding carboxylic acids is 1. The number of carbonyl (C=O) groups is 1. The van der Waals surface area contributed by atoms with Gasteiger partial charge in [0.1, 0.15) is 0 Å². The molecule has 20 heavy (non-hydrogen) atoms. The maximum absolute atomic E-state index is 12.3. The van der Waals surface area contributed by atoms with E-state index in [-0.39, 0.29) is 5.91 Å². The molecule has 5 nitrogen and oxygen atoms in total. The van der Waals surface area contributed by atoms with Crippen molar-refractivity contribution in [2.75, 3.05) is 13.1 Å². The van der Waals surface area contributed by atoms with Gasteiger partial charge >= 0.3 is 0 Å². The van der Waals surface area contributed by atoms with Crippen LogP contribution in [0.15, 0.2) is 11.6 Å². The fraction of sp³-hybridized carbons (Fsp3) is 0.500. The van der Waals surface area contributed by atoms with E-state index in [0.717, 1.165) is 30.2 Å². The normalized spacial score (nSPS) is 18.7. The molecule has 1 aliphatic heterocycles. The van der Waals surface area contributed by atoms with Gasteiger partial charge in [-0.05, 0) is 25.8 Å². The highest BCUT2D eigenvalue weighted by molar-refractivity contribution is 7.09. The molecule has 0 radical (unpaired) electrons. The average molecular weight is 290 g/mol. The molecule has 3 rings (SSSR count). The van der Waals surface area contributed by atoms with E-state index in [2.05, 4.69) is 22.1 Å². The average Bonchev–Trinajstić information content (AvgIpc) is 3.10. The number of aryl methyl sites for hydroxylation is 2. The number of H-pyrrole nitrogens is 1. The van der Waals surface area contributed by atoms with Crippen LogP contribution in [0.4, 0.5) is 0 Å². The zero-order chi connectivity index (χ0) is 14.1. The molecular weight excluding hydrogens is 272 g/mol. The van der Waals surface area contributed by atoms with Crippen molar-refractivity contribution in [3.63, 3.8) is 0 Å². The molecule has 6 heteroatoms. The van der Waals surface area contributed by atoms with Crippen LogP contribution in [0, 0.1) is 13.8 Å². The Morgan fingerprint density at radius 3 is 3.05 bits per heavy atom. The lowest BCUT2D eigenvalue weighted by Gasteiger charge is -2.15. The number of rotatable bonds is 3. The summed E-state index contributed by atoms with van der Waals surface area (Å²) in [5.74, 6) is 0.564. The zero-order valence-electron chi connectivity index (χ0n) is 11.7. The summed E-state index contributed by atoms with van der Waals surface area (Å²) in [5, 5.41) is 10.1. The summed E-state index contributed by atoms with van der Waals surface area (Å²) in [6.07, 6.45) is 3.27. The molecule has 1 fully saturated rings. The molecule has 0 bridgehead atoms. The molecule has 1 N–H and O–H groups in total. The molecule has 1 saturated heterocycles. The van der Waals surface area contributed by atoms with Gasteiger partial charge in [-0.25, -0.2) is 4.98 Å². The van der Waals surface area contributed by atoms with Gasteiger partial charge in [0.2, 0.25) is 5.91 Å². The summed E-state index contributed by atoms with van der Waals surface area (Å²) in [6.45, 7) is 5.63. The maximum atomic E-state index is 12.3. The molecule has 0 aromatic carbocycles. The monoisotopic (exact) mass is 290 g/mol. The highest BCUT2D eigenvalue weighted by atomic mass is 32.1. The number of likely N-dealkylation sites (tertiary alicyclic amines) is 1. The zero-order valence-corrected chi connectivity index (χ0v) is 12.5. The molecule has 0 aliphatic carbocycles. The number of hydrogen-bond donors (Lipinski definition) is 1. The van der Waals surface area contributed by atoms with E-state index in [1.165, 1.54) is 11.3 Å². The number of amides is 1. The minimum atomic E-state index is 0.176. The summed E-state index contributed by atoms with van der Waals surface area (Å²) in [6, 6.07) is 0. The van der Waals surface area contributed by atoms with Crippen molar-refractivity contribution in [1.82, 2.24) is 20.1 Å². The Kier molecular flexibility index (Phi) is 3.56. The van der Waals surface area contributed by atoms with Crippen LogP contribution in [-0.2, 0) is 11.2 Å². The van der Waals surface area contributed by atoms with Crippen molar-refractivity contribution in [1.29, 1.82) is 0 Å². The van der Waals surface area contributed by atoms with E-state index >= 15 is 0 Å². The number of nitrogens with one attached hydrogen (secondary N) is 1. The van der Waals surface area contributed by atoms with Crippen LogP contribution in [0.3, 0.4) is 0 Å². The Labute approximate surface area is 122 Å². The number of aromatic nitrogens is 3. The minimum absolute atomic E-state index is 0.176. The second-order valence-electron chi connectivity index (χ2n) is 5.33. The van der Waals surface area contributed by atoms with Crippen LogP contribution in [0.2, 0.25) is 0 Å². The molecule has 106 valence electrons. The van der Waals surface area contributed by atoms with Crippen LogP contribution in [0.25, 0.3) is 0 Å². The van der Waals surface area contributed by atoms with Gasteiger partial charge in [-0.3, -0.25) is 9.89 Å². The van der Waals surface area contributed by atoms with Crippen LogP contribution < -0.4 is 0 Å². The predicted molar refractivity (Wildman–Crippen MR) is 77.8 cm³/mol. The molecule has 0 saturated carbocycles. The third kappa shape index (κ3) is 2.60. The van der Waals surface area contributed by atoms with Crippen LogP contribution in [-0.4, -0.2) is 39.1 Å². The Balaban J connectivity index is 1.62. The smallest absolute Gasteiger partial charge is 0.228 e. The van der Waals surface area contributed by atoms with Gasteiger partial charge < -0.3 is 4.90 Å². The fourth-order valence-electron chi connectivity index (χ4n) is 2.75. The molecular formula is C14H18N4OS. The maximum Gasteiger partial charge on any atom is 0.228 e. The van der Waals surface area contributed by atoms with Crippen molar-refractivity contribution in [3.8, 4) is 0 Å². The predicted octanol–water partition coefficient (Wildman–Crippen LogP) is 2.04. The van der Waals surface area contributed by atoms with Gasteiger partial charge in [0.25, 0.3) is 0 Å². The summed E-state index contributed by atoms with van der Waals surface area (Å²) in [4.78, 5) is 18.6. The third-order valence-electron chi connectivity index (χ3n) is 3.82. The summed E-state index contributed by atoms with van der Waals surface area (Å²) >= 11 is 1.59. The lowest BCUT2D eigenvalue weighted by atomic mass is 10.0. The minimum Gasteiger partial charge on any atom is -0.342 e. The number of nitrogens with zero attached hydrogens (tertiary/aromatic N) is 3. The van der Waals surface area contributed by atoms with Crippen molar-refractivity contribution in [2.24, 2.45) is 0 Å². The first kappa shape index (κ1) is 13.3. The Hall–Kier alpha value is -1.69. The van der Waals surface area contributed by atoms with Gasteiger partial charge in [-0.15, -0.1) is 11.3 Å². The summed E-state index contributed by atoms with van der Waals surface area (Å²) < 4.78 is 0. The second-order valence-corrected chi connectivity index (χ2v) is 6.39. The van der Waals surface area contributed by atoms with E-state index < -0.39 is 0 Å². The summed E-state index contributed by atoms with van der Waals surface area (Å²) in [5.41, 5.74) is 3.24. The highest BCUT2D eigenvalue weighted by Crippen LogP contribution is 2.28.